The van der Waals surface area contributed by atoms with E-state index >= 15 is 0 Å². The van der Waals surface area contributed by atoms with Crippen molar-refractivity contribution in [1.82, 2.24) is 14.5 Å². The number of aryl methyl sites for hydroxylation is 1. The fourth-order valence-electron chi connectivity index (χ4n) is 3.68. The van der Waals surface area contributed by atoms with E-state index in [1.807, 2.05) is 4.57 Å². The molecule has 0 radical (unpaired) electrons. The lowest BCUT2D eigenvalue weighted by Crippen LogP contribution is -2.40. The number of carbonyl (C=O) groups is 1. The van der Waals surface area contributed by atoms with Crippen molar-refractivity contribution < 1.29 is 9.53 Å². The Morgan fingerprint density at radius 2 is 1.84 bits per heavy atom. The zero-order chi connectivity index (χ0) is 17.2. The first kappa shape index (κ1) is 16.3. The highest BCUT2D eigenvalue weighted by Crippen LogP contribution is 2.17. The fourth-order valence-corrected chi connectivity index (χ4v) is 3.68. The highest BCUT2D eigenvalue weighted by atomic mass is 16.5. The molecule has 2 aliphatic heterocycles. The molecule has 3 heterocycles. The van der Waals surface area contributed by atoms with Crippen LogP contribution in [0.2, 0.25) is 0 Å². The molecule has 0 bridgehead atoms. The molecule has 2 aromatic rings. The number of hydrogen-bond acceptors (Lipinski definition) is 4. The Morgan fingerprint density at radius 3 is 2.68 bits per heavy atom. The van der Waals surface area contributed by atoms with Gasteiger partial charge in [0.15, 0.2) is 0 Å². The van der Waals surface area contributed by atoms with Crippen LogP contribution in [-0.2, 0) is 17.7 Å². The summed E-state index contributed by atoms with van der Waals surface area (Å²) in [7, 11) is 0. The van der Waals surface area contributed by atoms with Crippen molar-refractivity contribution in [2.45, 2.75) is 38.6 Å². The molecule has 2 aliphatic rings. The smallest absolute Gasteiger partial charge is 0.261 e. The summed E-state index contributed by atoms with van der Waals surface area (Å²) < 4.78 is 7.13. The molecule has 132 valence electrons. The van der Waals surface area contributed by atoms with Gasteiger partial charge in [-0.3, -0.25) is 14.2 Å². The maximum Gasteiger partial charge on any atom is 0.261 e. The molecule has 0 N–H and O–H groups in total. The number of hydrogen-bond donors (Lipinski definition) is 0. The van der Waals surface area contributed by atoms with E-state index in [9.17, 15) is 9.59 Å². The van der Waals surface area contributed by atoms with Crippen LogP contribution in [0.15, 0.2) is 23.0 Å². The second-order valence-electron chi connectivity index (χ2n) is 6.79. The van der Waals surface area contributed by atoms with Crippen LogP contribution in [0.25, 0.3) is 10.9 Å². The molecule has 1 amide bonds. The number of rotatable bonds is 1. The van der Waals surface area contributed by atoms with Crippen LogP contribution in [0, 0.1) is 0 Å². The number of morpholine rings is 1. The van der Waals surface area contributed by atoms with Crippen LogP contribution < -0.4 is 5.56 Å². The zero-order valence-electron chi connectivity index (χ0n) is 14.4. The molecule has 25 heavy (non-hydrogen) atoms. The van der Waals surface area contributed by atoms with Gasteiger partial charge in [-0.25, -0.2) is 4.98 Å². The molecule has 0 unspecified atom stereocenters. The first-order chi connectivity index (χ1) is 12.2. The SMILES string of the molecule is O=C(c1ccc2c(=O)n3c(nc2c1)CCCCCC3)N1CCOCC1. The van der Waals surface area contributed by atoms with Gasteiger partial charge in [-0.15, -0.1) is 0 Å². The molecule has 0 spiro atoms. The average molecular weight is 341 g/mol. The summed E-state index contributed by atoms with van der Waals surface area (Å²) in [6.07, 6.45) is 5.26. The van der Waals surface area contributed by atoms with E-state index in [4.69, 9.17) is 9.72 Å². The largest absolute Gasteiger partial charge is 0.378 e. The predicted octanol–water partition coefficient (Wildman–Crippen LogP) is 1.99. The average Bonchev–Trinajstić information content (AvgIpc) is 2.63. The van der Waals surface area contributed by atoms with Crippen LogP contribution in [0.3, 0.4) is 0 Å². The number of carbonyl (C=O) groups excluding carboxylic acids is 1. The van der Waals surface area contributed by atoms with Crippen molar-refractivity contribution >= 4 is 16.8 Å². The second-order valence-corrected chi connectivity index (χ2v) is 6.79. The summed E-state index contributed by atoms with van der Waals surface area (Å²) >= 11 is 0. The summed E-state index contributed by atoms with van der Waals surface area (Å²) in [5.74, 6) is 0.840. The van der Waals surface area contributed by atoms with E-state index in [-0.39, 0.29) is 11.5 Å². The van der Waals surface area contributed by atoms with Gasteiger partial charge in [0.1, 0.15) is 5.82 Å². The lowest BCUT2D eigenvalue weighted by atomic mass is 10.1. The Morgan fingerprint density at radius 1 is 1.04 bits per heavy atom. The molecule has 1 saturated heterocycles. The van der Waals surface area contributed by atoms with Gasteiger partial charge in [0.05, 0.1) is 24.1 Å². The molecular formula is C19H23N3O3. The van der Waals surface area contributed by atoms with E-state index in [1.54, 1.807) is 23.1 Å². The topological polar surface area (TPSA) is 64.4 Å². The minimum Gasteiger partial charge on any atom is -0.378 e. The predicted molar refractivity (Wildman–Crippen MR) is 94.9 cm³/mol. The second kappa shape index (κ2) is 6.96. The van der Waals surface area contributed by atoms with Crippen molar-refractivity contribution in [3.8, 4) is 0 Å². The number of benzene rings is 1. The summed E-state index contributed by atoms with van der Waals surface area (Å²) in [4.78, 5) is 32.0. The molecule has 1 fully saturated rings. The summed E-state index contributed by atoms with van der Waals surface area (Å²) in [5, 5.41) is 0.600. The molecule has 1 aromatic carbocycles. The zero-order valence-corrected chi connectivity index (χ0v) is 14.4. The van der Waals surface area contributed by atoms with Gasteiger partial charge in [-0.2, -0.15) is 0 Å². The number of ether oxygens (including phenoxy) is 1. The van der Waals surface area contributed by atoms with E-state index in [1.165, 1.54) is 6.42 Å². The standard InChI is InChI=1S/C19H23N3O3/c23-18(21-9-11-25-12-10-21)14-6-7-15-16(13-14)20-17-5-3-1-2-4-8-22(17)19(15)24/h6-7,13H,1-5,8-12H2. The number of aromatic nitrogens is 2. The van der Waals surface area contributed by atoms with Crippen LogP contribution in [0.5, 0.6) is 0 Å². The normalized spacial score (nSPS) is 18.5. The molecule has 6 heteroatoms. The fraction of sp³-hybridized carbons (Fsp3) is 0.526. The Balaban J connectivity index is 1.73. The summed E-state index contributed by atoms with van der Waals surface area (Å²) in [6, 6.07) is 5.28. The Bertz CT molecular complexity index is 853. The Kier molecular flexibility index (Phi) is 4.53. The lowest BCUT2D eigenvalue weighted by Gasteiger charge is -2.27. The highest BCUT2D eigenvalue weighted by Gasteiger charge is 2.20. The van der Waals surface area contributed by atoms with E-state index in [0.717, 1.165) is 38.1 Å². The van der Waals surface area contributed by atoms with Crippen LogP contribution in [0.1, 0.15) is 41.9 Å². The minimum atomic E-state index is -0.0150. The van der Waals surface area contributed by atoms with E-state index in [0.29, 0.717) is 42.8 Å². The molecule has 0 atom stereocenters. The summed E-state index contributed by atoms with van der Waals surface area (Å²) in [5.41, 5.74) is 1.25. The van der Waals surface area contributed by atoms with Crippen molar-refractivity contribution in [3.63, 3.8) is 0 Å². The monoisotopic (exact) mass is 341 g/mol. The van der Waals surface area contributed by atoms with Gasteiger partial charge in [0.2, 0.25) is 0 Å². The Hall–Kier alpha value is -2.21. The molecule has 4 rings (SSSR count). The van der Waals surface area contributed by atoms with Gasteiger partial charge in [-0.05, 0) is 31.0 Å². The maximum atomic E-state index is 12.8. The Labute approximate surface area is 146 Å². The number of nitrogens with zero attached hydrogens (tertiary/aromatic N) is 3. The first-order valence-corrected chi connectivity index (χ1v) is 9.14. The molecule has 0 saturated carbocycles. The molecular weight excluding hydrogens is 318 g/mol. The summed E-state index contributed by atoms with van der Waals surface area (Å²) in [6.45, 7) is 3.11. The maximum absolute atomic E-state index is 12.8. The quantitative estimate of drug-likeness (QED) is 0.796. The number of amides is 1. The van der Waals surface area contributed by atoms with Gasteiger partial charge in [0.25, 0.3) is 11.5 Å². The van der Waals surface area contributed by atoms with Crippen molar-refractivity contribution in [2.24, 2.45) is 0 Å². The highest BCUT2D eigenvalue weighted by molar-refractivity contribution is 5.97. The molecule has 0 aliphatic carbocycles. The van der Waals surface area contributed by atoms with Gasteiger partial charge < -0.3 is 9.64 Å². The third-order valence-electron chi connectivity index (χ3n) is 5.11. The number of fused-ring (bicyclic) bond motifs is 2. The third-order valence-corrected chi connectivity index (χ3v) is 5.11. The van der Waals surface area contributed by atoms with Crippen molar-refractivity contribution in [1.29, 1.82) is 0 Å². The van der Waals surface area contributed by atoms with Crippen molar-refractivity contribution in [2.75, 3.05) is 26.3 Å². The van der Waals surface area contributed by atoms with Gasteiger partial charge in [-0.1, -0.05) is 12.8 Å². The molecule has 6 nitrogen and oxygen atoms in total. The third kappa shape index (κ3) is 3.18. The minimum absolute atomic E-state index is 0.0150. The van der Waals surface area contributed by atoms with E-state index in [2.05, 4.69) is 0 Å². The molecule has 1 aromatic heterocycles. The van der Waals surface area contributed by atoms with Crippen molar-refractivity contribution in [3.05, 3.63) is 39.9 Å². The van der Waals surface area contributed by atoms with Crippen LogP contribution in [0.4, 0.5) is 0 Å². The van der Waals surface area contributed by atoms with Gasteiger partial charge in [0, 0.05) is 31.6 Å². The lowest BCUT2D eigenvalue weighted by molar-refractivity contribution is 0.0303. The van der Waals surface area contributed by atoms with Crippen LogP contribution in [-0.4, -0.2) is 46.7 Å². The van der Waals surface area contributed by atoms with E-state index < -0.39 is 0 Å². The van der Waals surface area contributed by atoms with Gasteiger partial charge >= 0.3 is 0 Å². The first-order valence-electron chi connectivity index (χ1n) is 9.14. The van der Waals surface area contributed by atoms with Crippen LogP contribution >= 0.6 is 0 Å².